The Bertz CT molecular complexity index is 616. The number of rotatable bonds is 3. The molecule has 0 saturated carbocycles. The van der Waals surface area contributed by atoms with E-state index in [2.05, 4.69) is 10.2 Å². The van der Waals surface area contributed by atoms with Crippen LogP contribution < -0.4 is 10.2 Å². The fourth-order valence-electron chi connectivity index (χ4n) is 3.26. The van der Waals surface area contributed by atoms with Crippen LogP contribution in [0.15, 0.2) is 24.3 Å². The lowest BCUT2D eigenvalue weighted by molar-refractivity contribution is -0.138. The number of benzene rings is 1. The maximum absolute atomic E-state index is 12.5. The van der Waals surface area contributed by atoms with E-state index in [0.29, 0.717) is 19.6 Å². The molecule has 1 unspecified atom stereocenters. The first-order chi connectivity index (χ1) is 11.5. The van der Waals surface area contributed by atoms with E-state index in [1.54, 1.807) is 0 Å². The molecule has 130 valence electrons. The van der Waals surface area contributed by atoms with Crippen molar-refractivity contribution in [3.8, 4) is 0 Å². The predicted octanol–water partition coefficient (Wildman–Crippen LogP) is 0.809. The normalized spacial score (nSPS) is 22.4. The van der Waals surface area contributed by atoms with Crippen LogP contribution in [0.2, 0.25) is 5.02 Å². The van der Waals surface area contributed by atoms with Gasteiger partial charge in [-0.05, 0) is 25.2 Å². The molecule has 1 aromatic rings. The first-order valence-electron chi connectivity index (χ1n) is 8.31. The maximum Gasteiger partial charge on any atom is 0.237 e. The molecule has 0 aromatic heterocycles. The molecule has 0 spiro atoms. The second-order valence-electron chi connectivity index (χ2n) is 6.34. The summed E-state index contributed by atoms with van der Waals surface area (Å²) in [4.78, 5) is 30.5. The third-order valence-corrected chi connectivity index (χ3v) is 5.01. The van der Waals surface area contributed by atoms with E-state index >= 15 is 0 Å². The summed E-state index contributed by atoms with van der Waals surface area (Å²) >= 11 is 6.05. The lowest BCUT2D eigenvalue weighted by Crippen LogP contribution is -2.56. The van der Waals surface area contributed by atoms with Crippen LogP contribution in [0, 0.1) is 0 Å². The molecule has 1 N–H and O–H groups in total. The third-order valence-electron chi connectivity index (χ3n) is 4.77. The summed E-state index contributed by atoms with van der Waals surface area (Å²) in [7, 11) is 1.90. The molecule has 1 aromatic carbocycles. The molecule has 2 fully saturated rings. The van der Waals surface area contributed by atoms with E-state index in [9.17, 15) is 9.59 Å². The molecular weight excluding hydrogens is 328 g/mol. The number of piperazine rings is 2. The minimum Gasteiger partial charge on any atom is -0.368 e. The fraction of sp³-hybridized carbons (Fsp3) is 0.529. The van der Waals surface area contributed by atoms with Crippen molar-refractivity contribution in [1.29, 1.82) is 0 Å². The summed E-state index contributed by atoms with van der Waals surface area (Å²) in [6.45, 7) is 4.33. The van der Waals surface area contributed by atoms with E-state index in [-0.39, 0.29) is 24.3 Å². The second-order valence-corrected chi connectivity index (χ2v) is 6.78. The number of hydrogen-bond acceptors (Lipinski definition) is 4. The average molecular weight is 351 g/mol. The molecule has 2 heterocycles. The highest BCUT2D eigenvalue weighted by atomic mass is 35.5. The van der Waals surface area contributed by atoms with Gasteiger partial charge in [0.15, 0.2) is 0 Å². The van der Waals surface area contributed by atoms with E-state index in [4.69, 9.17) is 11.6 Å². The molecule has 6 nitrogen and oxygen atoms in total. The molecule has 0 bridgehead atoms. The van der Waals surface area contributed by atoms with E-state index in [1.165, 1.54) is 0 Å². The van der Waals surface area contributed by atoms with Gasteiger partial charge in [-0.3, -0.25) is 14.5 Å². The molecule has 0 radical (unpaired) electrons. The van der Waals surface area contributed by atoms with Crippen molar-refractivity contribution in [2.75, 3.05) is 51.2 Å². The van der Waals surface area contributed by atoms with Crippen LogP contribution in [-0.4, -0.2) is 74.0 Å². The van der Waals surface area contributed by atoms with Crippen LogP contribution >= 0.6 is 11.6 Å². The van der Waals surface area contributed by atoms with E-state index in [1.807, 2.05) is 41.1 Å². The number of hydrogen-bond donors (Lipinski definition) is 1. The fourth-order valence-corrected chi connectivity index (χ4v) is 3.44. The monoisotopic (exact) mass is 350 g/mol. The predicted molar refractivity (Wildman–Crippen MR) is 94.3 cm³/mol. The number of anilines is 1. The molecule has 24 heavy (non-hydrogen) atoms. The van der Waals surface area contributed by atoms with Crippen LogP contribution in [0.4, 0.5) is 5.69 Å². The molecule has 1 atom stereocenters. The lowest BCUT2D eigenvalue weighted by atomic mass is 10.1. The quantitative estimate of drug-likeness (QED) is 0.876. The molecule has 2 aliphatic rings. The standard InChI is InChI=1S/C17H23ClN4O2/c1-20-6-5-19-17(24)15(20)12-16(23)22-9-7-21(8-10-22)14-4-2-3-13(18)11-14/h2-4,11,15H,5-10,12H2,1H3,(H,19,24). The second kappa shape index (κ2) is 7.40. The number of carbonyl (C=O) groups is 2. The Morgan fingerprint density at radius 3 is 2.67 bits per heavy atom. The van der Waals surface area contributed by atoms with Crippen LogP contribution in [0.25, 0.3) is 0 Å². The summed E-state index contributed by atoms with van der Waals surface area (Å²) in [5.41, 5.74) is 1.08. The first kappa shape index (κ1) is 17.0. The minimum absolute atomic E-state index is 0.0466. The summed E-state index contributed by atoms with van der Waals surface area (Å²) in [6.07, 6.45) is 0.250. The Balaban J connectivity index is 1.54. The Morgan fingerprint density at radius 1 is 1.25 bits per heavy atom. The molecule has 3 rings (SSSR count). The molecular formula is C17H23ClN4O2. The highest BCUT2D eigenvalue weighted by Crippen LogP contribution is 2.21. The lowest BCUT2D eigenvalue weighted by Gasteiger charge is -2.38. The van der Waals surface area contributed by atoms with Gasteiger partial charge in [0.1, 0.15) is 0 Å². The zero-order valence-electron chi connectivity index (χ0n) is 13.9. The van der Waals surface area contributed by atoms with E-state index < -0.39 is 0 Å². The van der Waals surface area contributed by atoms with Gasteiger partial charge >= 0.3 is 0 Å². The zero-order valence-corrected chi connectivity index (χ0v) is 14.6. The van der Waals surface area contributed by atoms with Gasteiger partial charge in [-0.15, -0.1) is 0 Å². The van der Waals surface area contributed by atoms with Crippen molar-refractivity contribution >= 4 is 29.1 Å². The SMILES string of the molecule is CN1CCNC(=O)C1CC(=O)N1CCN(c2cccc(Cl)c2)CC1. The summed E-state index contributed by atoms with van der Waals surface area (Å²) in [5.74, 6) is 0.00399. The van der Waals surface area contributed by atoms with Crippen LogP contribution in [-0.2, 0) is 9.59 Å². The van der Waals surface area contributed by atoms with Crippen LogP contribution in [0.1, 0.15) is 6.42 Å². The Kier molecular flexibility index (Phi) is 5.26. The van der Waals surface area contributed by atoms with Crippen molar-refractivity contribution in [2.24, 2.45) is 0 Å². The number of carbonyl (C=O) groups excluding carboxylic acids is 2. The van der Waals surface area contributed by atoms with Gasteiger partial charge in [-0.25, -0.2) is 0 Å². The molecule has 7 heteroatoms. The van der Waals surface area contributed by atoms with Gasteiger partial charge in [0.2, 0.25) is 11.8 Å². The zero-order chi connectivity index (χ0) is 17.1. The molecule has 2 amide bonds. The van der Waals surface area contributed by atoms with Gasteiger partial charge in [0.05, 0.1) is 12.5 Å². The van der Waals surface area contributed by atoms with Gasteiger partial charge in [0.25, 0.3) is 0 Å². The first-order valence-corrected chi connectivity index (χ1v) is 8.68. The Morgan fingerprint density at radius 2 is 2.00 bits per heavy atom. The van der Waals surface area contributed by atoms with Crippen LogP contribution in [0.5, 0.6) is 0 Å². The van der Waals surface area contributed by atoms with Crippen molar-refractivity contribution in [2.45, 2.75) is 12.5 Å². The molecule has 0 aliphatic carbocycles. The number of amides is 2. The van der Waals surface area contributed by atoms with Gasteiger partial charge in [0, 0.05) is 50.0 Å². The van der Waals surface area contributed by atoms with Gasteiger partial charge in [-0.2, -0.15) is 0 Å². The summed E-state index contributed by atoms with van der Waals surface area (Å²) in [6, 6.07) is 7.42. The topological polar surface area (TPSA) is 55.9 Å². The van der Waals surface area contributed by atoms with Crippen LogP contribution in [0.3, 0.4) is 0 Å². The number of likely N-dealkylation sites (N-methyl/N-ethyl adjacent to an activating group) is 1. The van der Waals surface area contributed by atoms with Crippen molar-refractivity contribution in [3.63, 3.8) is 0 Å². The average Bonchev–Trinajstić information content (AvgIpc) is 2.58. The van der Waals surface area contributed by atoms with Gasteiger partial charge < -0.3 is 15.1 Å². The number of halogens is 1. The summed E-state index contributed by atoms with van der Waals surface area (Å²) in [5, 5.41) is 3.55. The molecule has 2 saturated heterocycles. The van der Waals surface area contributed by atoms with Crippen molar-refractivity contribution in [3.05, 3.63) is 29.3 Å². The van der Waals surface area contributed by atoms with Gasteiger partial charge in [-0.1, -0.05) is 17.7 Å². The highest BCUT2D eigenvalue weighted by molar-refractivity contribution is 6.30. The largest absolute Gasteiger partial charge is 0.368 e. The highest BCUT2D eigenvalue weighted by Gasteiger charge is 2.31. The minimum atomic E-state index is -0.350. The van der Waals surface area contributed by atoms with Crippen molar-refractivity contribution < 1.29 is 9.59 Å². The Hall–Kier alpha value is -1.79. The Labute approximate surface area is 147 Å². The number of nitrogens with one attached hydrogen (secondary N) is 1. The van der Waals surface area contributed by atoms with E-state index in [0.717, 1.165) is 30.3 Å². The smallest absolute Gasteiger partial charge is 0.237 e. The summed E-state index contributed by atoms with van der Waals surface area (Å²) < 4.78 is 0. The maximum atomic E-state index is 12.5. The van der Waals surface area contributed by atoms with Crippen molar-refractivity contribution in [1.82, 2.24) is 15.1 Å². The molecule has 2 aliphatic heterocycles. The number of nitrogens with zero attached hydrogens (tertiary/aromatic N) is 3. The third kappa shape index (κ3) is 3.82.